The fourth-order valence-corrected chi connectivity index (χ4v) is 1.88. The van der Waals surface area contributed by atoms with Crippen LogP contribution in [0.15, 0.2) is 30.3 Å². The lowest BCUT2D eigenvalue weighted by molar-refractivity contribution is -0.122. The second-order valence-corrected chi connectivity index (χ2v) is 3.68. The Balaban J connectivity index is 2.19. The highest BCUT2D eigenvalue weighted by atomic mass is 16.1. The smallest absolute Gasteiger partial charge is 0.248 e. The molecule has 0 N–H and O–H groups in total. The molecular weight excluding hydrogens is 174 g/mol. The van der Waals surface area contributed by atoms with E-state index in [4.69, 9.17) is 0 Å². The molecule has 1 aromatic rings. The summed E-state index contributed by atoms with van der Waals surface area (Å²) in [7, 11) is 0. The monoisotopic (exact) mass is 188 g/mol. The maximum atomic E-state index is 11.6. The SMILES string of the molecule is O=C1[N]CCCCC1c1ccccc1. The number of hydrogen-bond donors (Lipinski definition) is 0. The maximum Gasteiger partial charge on any atom is 0.248 e. The third-order valence-corrected chi connectivity index (χ3v) is 2.67. The fraction of sp³-hybridized carbons (Fsp3) is 0.417. The van der Waals surface area contributed by atoms with E-state index >= 15 is 0 Å². The Morgan fingerprint density at radius 1 is 1.14 bits per heavy atom. The Morgan fingerprint density at radius 2 is 1.93 bits per heavy atom. The summed E-state index contributed by atoms with van der Waals surface area (Å²) in [6.45, 7) is 0.710. The van der Waals surface area contributed by atoms with Crippen LogP contribution in [-0.4, -0.2) is 12.5 Å². The normalized spacial score (nSPS) is 22.6. The summed E-state index contributed by atoms with van der Waals surface area (Å²) in [4.78, 5) is 11.6. The second kappa shape index (κ2) is 4.27. The van der Waals surface area contributed by atoms with Gasteiger partial charge in [-0.2, -0.15) is 0 Å². The summed E-state index contributed by atoms with van der Waals surface area (Å²) in [5, 5.41) is 4.04. The summed E-state index contributed by atoms with van der Waals surface area (Å²) < 4.78 is 0. The van der Waals surface area contributed by atoms with E-state index in [0.717, 1.165) is 24.8 Å². The lowest BCUT2D eigenvalue weighted by Gasteiger charge is -2.11. The van der Waals surface area contributed by atoms with Crippen LogP contribution in [0.2, 0.25) is 0 Å². The quantitative estimate of drug-likeness (QED) is 0.664. The van der Waals surface area contributed by atoms with Gasteiger partial charge in [0, 0.05) is 6.54 Å². The molecule has 1 aromatic carbocycles. The standard InChI is InChI=1S/C12H14NO/c14-12-11(8-4-5-9-13-12)10-6-2-1-3-7-10/h1-3,6-7,11H,4-5,8-9H2. The van der Waals surface area contributed by atoms with Gasteiger partial charge in [0.2, 0.25) is 5.91 Å². The minimum absolute atomic E-state index is 0.0127. The van der Waals surface area contributed by atoms with Crippen molar-refractivity contribution in [1.29, 1.82) is 0 Å². The molecule has 0 bridgehead atoms. The Kier molecular flexibility index (Phi) is 2.82. The maximum absolute atomic E-state index is 11.6. The van der Waals surface area contributed by atoms with Crippen molar-refractivity contribution >= 4 is 5.91 Å². The molecule has 1 unspecified atom stereocenters. The molecule has 1 aliphatic rings. The van der Waals surface area contributed by atoms with Crippen molar-refractivity contribution in [2.45, 2.75) is 25.2 Å². The molecule has 2 nitrogen and oxygen atoms in total. The van der Waals surface area contributed by atoms with Crippen molar-refractivity contribution in [1.82, 2.24) is 5.32 Å². The van der Waals surface area contributed by atoms with Gasteiger partial charge < -0.3 is 0 Å². The van der Waals surface area contributed by atoms with Gasteiger partial charge >= 0.3 is 0 Å². The zero-order chi connectivity index (χ0) is 9.80. The Labute approximate surface area is 84.3 Å². The van der Waals surface area contributed by atoms with Crippen molar-refractivity contribution in [2.24, 2.45) is 0 Å². The van der Waals surface area contributed by atoms with Crippen LogP contribution in [0.3, 0.4) is 0 Å². The number of benzene rings is 1. The molecule has 1 radical (unpaired) electrons. The minimum atomic E-state index is 0.0127. The number of nitrogens with zero attached hydrogens (tertiary/aromatic N) is 1. The highest BCUT2D eigenvalue weighted by Gasteiger charge is 2.22. The lowest BCUT2D eigenvalue weighted by Crippen LogP contribution is -2.21. The Morgan fingerprint density at radius 3 is 2.71 bits per heavy atom. The molecule has 1 aliphatic heterocycles. The van der Waals surface area contributed by atoms with E-state index in [2.05, 4.69) is 5.32 Å². The van der Waals surface area contributed by atoms with Gasteiger partial charge in [-0.15, -0.1) is 0 Å². The minimum Gasteiger partial charge on any atom is -0.272 e. The largest absolute Gasteiger partial charge is 0.272 e. The van der Waals surface area contributed by atoms with Crippen LogP contribution in [0.1, 0.15) is 30.7 Å². The first-order valence-corrected chi connectivity index (χ1v) is 5.14. The highest BCUT2D eigenvalue weighted by Crippen LogP contribution is 2.24. The third-order valence-electron chi connectivity index (χ3n) is 2.67. The second-order valence-electron chi connectivity index (χ2n) is 3.68. The first kappa shape index (κ1) is 9.25. The first-order valence-electron chi connectivity index (χ1n) is 5.14. The van der Waals surface area contributed by atoms with Crippen molar-refractivity contribution in [2.75, 3.05) is 6.54 Å². The molecule has 2 rings (SSSR count). The molecule has 1 saturated heterocycles. The molecule has 73 valence electrons. The Bertz CT molecular complexity index is 307. The third kappa shape index (κ3) is 1.95. The number of amides is 1. The fourth-order valence-electron chi connectivity index (χ4n) is 1.88. The molecule has 0 saturated carbocycles. The van der Waals surface area contributed by atoms with Gasteiger partial charge in [-0.25, -0.2) is 0 Å². The number of carbonyl (C=O) groups excluding carboxylic acids is 1. The Hall–Kier alpha value is -1.31. The van der Waals surface area contributed by atoms with Crippen molar-refractivity contribution in [3.63, 3.8) is 0 Å². The van der Waals surface area contributed by atoms with Crippen molar-refractivity contribution in [3.05, 3.63) is 35.9 Å². The molecule has 2 heteroatoms. The van der Waals surface area contributed by atoms with E-state index in [0.29, 0.717) is 6.54 Å². The van der Waals surface area contributed by atoms with Gasteiger partial charge in [0.1, 0.15) is 0 Å². The van der Waals surface area contributed by atoms with Gasteiger partial charge in [0.15, 0.2) is 0 Å². The summed E-state index contributed by atoms with van der Waals surface area (Å²) in [6, 6.07) is 9.97. The van der Waals surface area contributed by atoms with E-state index in [1.807, 2.05) is 30.3 Å². The van der Waals surface area contributed by atoms with Crippen LogP contribution in [0.5, 0.6) is 0 Å². The molecule has 1 heterocycles. The topological polar surface area (TPSA) is 31.2 Å². The van der Waals surface area contributed by atoms with Gasteiger partial charge in [-0.1, -0.05) is 36.8 Å². The summed E-state index contributed by atoms with van der Waals surface area (Å²) in [5.74, 6) is 0.0763. The number of hydrogen-bond acceptors (Lipinski definition) is 1. The van der Waals surface area contributed by atoms with Crippen LogP contribution in [0.4, 0.5) is 0 Å². The summed E-state index contributed by atoms with van der Waals surface area (Å²) in [5.41, 5.74) is 1.11. The van der Waals surface area contributed by atoms with Crippen molar-refractivity contribution < 1.29 is 4.79 Å². The molecule has 1 atom stereocenters. The van der Waals surface area contributed by atoms with Crippen LogP contribution in [0, 0.1) is 0 Å². The molecule has 14 heavy (non-hydrogen) atoms. The predicted octanol–water partition coefficient (Wildman–Crippen LogP) is 2.09. The molecule has 0 aliphatic carbocycles. The summed E-state index contributed by atoms with van der Waals surface area (Å²) in [6.07, 6.45) is 3.11. The van der Waals surface area contributed by atoms with Crippen molar-refractivity contribution in [3.8, 4) is 0 Å². The predicted molar refractivity (Wildman–Crippen MR) is 55.0 cm³/mol. The van der Waals surface area contributed by atoms with E-state index < -0.39 is 0 Å². The molecule has 1 fully saturated rings. The zero-order valence-electron chi connectivity index (χ0n) is 8.15. The zero-order valence-corrected chi connectivity index (χ0v) is 8.15. The highest BCUT2D eigenvalue weighted by molar-refractivity contribution is 5.83. The van der Waals surface area contributed by atoms with Crippen LogP contribution in [0.25, 0.3) is 0 Å². The van der Waals surface area contributed by atoms with Gasteiger partial charge in [0.25, 0.3) is 0 Å². The number of carbonyl (C=O) groups is 1. The average molecular weight is 188 g/mol. The van der Waals surface area contributed by atoms with Gasteiger partial charge in [-0.05, 0) is 18.4 Å². The van der Waals surface area contributed by atoms with Crippen LogP contribution < -0.4 is 5.32 Å². The summed E-state index contributed by atoms with van der Waals surface area (Å²) >= 11 is 0. The molecule has 0 aromatic heterocycles. The van der Waals surface area contributed by atoms with E-state index in [-0.39, 0.29) is 11.8 Å². The van der Waals surface area contributed by atoms with Gasteiger partial charge in [-0.3, -0.25) is 10.1 Å². The lowest BCUT2D eigenvalue weighted by atomic mass is 9.94. The number of rotatable bonds is 1. The van der Waals surface area contributed by atoms with Crippen LogP contribution >= 0.6 is 0 Å². The average Bonchev–Trinajstić information content (AvgIpc) is 2.44. The molecule has 0 spiro atoms. The van der Waals surface area contributed by atoms with Crippen LogP contribution in [-0.2, 0) is 4.79 Å². The molecule has 1 amide bonds. The molecular formula is C12H14NO. The van der Waals surface area contributed by atoms with E-state index in [1.54, 1.807) is 0 Å². The van der Waals surface area contributed by atoms with E-state index in [9.17, 15) is 4.79 Å². The first-order chi connectivity index (χ1) is 6.88. The van der Waals surface area contributed by atoms with E-state index in [1.165, 1.54) is 0 Å². The van der Waals surface area contributed by atoms with Gasteiger partial charge in [0.05, 0.1) is 5.92 Å².